The van der Waals surface area contributed by atoms with Gasteiger partial charge in [-0.25, -0.2) is 9.13 Å². The zero-order valence-corrected chi connectivity index (χ0v) is 14.2. The summed E-state index contributed by atoms with van der Waals surface area (Å²) in [6.45, 7) is 0. The third-order valence-corrected chi connectivity index (χ3v) is 0. The molecule has 10 nitrogen and oxygen atoms in total. The minimum Gasteiger partial charge on any atom is -0.870 e. The fourth-order valence-corrected chi connectivity index (χ4v) is 0. The van der Waals surface area contributed by atoms with Gasteiger partial charge in [-0.3, -0.25) is 0 Å². The molecule has 0 aliphatic heterocycles. The summed E-state index contributed by atoms with van der Waals surface area (Å²) in [6.07, 6.45) is 0. The molecule has 0 aromatic carbocycles. The molecule has 0 aliphatic carbocycles. The first kappa shape index (κ1) is 36.0. The molecule has 0 radical (unpaired) electrons. The summed E-state index contributed by atoms with van der Waals surface area (Å²) >= 11 is 0. The third kappa shape index (κ3) is 364. The zero-order chi connectivity index (χ0) is 9.00. The molecule has 14 heavy (non-hydrogen) atoms. The van der Waals surface area contributed by atoms with Crippen molar-refractivity contribution in [2.24, 2.45) is 0 Å². The van der Waals surface area contributed by atoms with E-state index in [1.807, 2.05) is 0 Å². The average Bonchev–Trinajstić information content (AvgIpc) is 1.12. The van der Waals surface area contributed by atoms with Crippen LogP contribution in [0, 0.1) is 0 Å². The minimum absolute atomic E-state index is 0. The predicted molar refractivity (Wildman–Crippen MR) is 32.4 cm³/mol. The Labute approximate surface area is 144 Å². The summed E-state index contributed by atoms with van der Waals surface area (Å²) in [7, 11) is -9.28. The van der Waals surface area contributed by atoms with Crippen LogP contribution in [0.25, 0.3) is 0 Å². The summed E-state index contributed by atoms with van der Waals surface area (Å²) < 4.78 is 17.8. The van der Waals surface area contributed by atoms with Crippen molar-refractivity contribution in [1.29, 1.82) is 0 Å². The maximum absolute atomic E-state index is 8.88. The molecular weight excluding hydrogens is 284 g/mol. The monoisotopic (exact) mass is 292 g/mol. The zero-order valence-electron chi connectivity index (χ0n) is 7.29. The van der Waals surface area contributed by atoms with E-state index in [2.05, 4.69) is 0 Å². The molecule has 80 valence electrons. The molecule has 0 saturated carbocycles. The summed E-state index contributed by atoms with van der Waals surface area (Å²) in [5.41, 5.74) is 0. The Hall–Kier alpha value is 2.78. The van der Waals surface area contributed by atoms with Crippen molar-refractivity contribution in [3.8, 4) is 0 Å². The van der Waals surface area contributed by atoms with Gasteiger partial charge in [-0.1, -0.05) is 0 Å². The fraction of sp³-hybridized carbons (Fsp3) is 0. The average molecular weight is 292 g/mol. The maximum atomic E-state index is 8.88. The van der Waals surface area contributed by atoms with Crippen LogP contribution in [0.15, 0.2) is 0 Å². The van der Waals surface area contributed by atoms with Crippen molar-refractivity contribution in [2.45, 2.75) is 0 Å². The normalized spacial score (nSPS) is 8.43. The molecule has 0 unspecified atom stereocenters. The largest absolute Gasteiger partial charge is 1.00 e. The smallest absolute Gasteiger partial charge is 0.870 e. The van der Waals surface area contributed by atoms with Gasteiger partial charge < -0.3 is 40.3 Å². The molecule has 14 heteroatoms. The van der Waals surface area contributed by atoms with Crippen LogP contribution in [-0.2, 0) is 9.13 Å². The van der Waals surface area contributed by atoms with Crippen LogP contribution >= 0.6 is 15.6 Å². The molecule has 0 heterocycles. The molecule has 0 spiro atoms. The van der Waals surface area contributed by atoms with Crippen LogP contribution in [0.4, 0.5) is 0 Å². The molecule has 0 bridgehead atoms. The molecule has 0 aliphatic rings. The van der Waals surface area contributed by atoms with E-state index in [1.54, 1.807) is 0 Å². The van der Waals surface area contributed by atoms with Crippen molar-refractivity contribution in [3.05, 3.63) is 0 Å². The van der Waals surface area contributed by atoms with Gasteiger partial charge in [-0.15, -0.1) is 0 Å². The molecule has 0 saturated heterocycles. The molecule has 0 amide bonds. The van der Waals surface area contributed by atoms with Crippen LogP contribution in [0.3, 0.4) is 0 Å². The second-order valence-corrected chi connectivity index (χ2v) is 3.08. The van der Waals surface area contributed by atoms with Crippen LogP contribution < -0.4 is 80.9 Å². The van der Waals surface area contributed by atoms with E-state index in [1.165, 1.54) is 0 Å². The Bertz CT molecular complexity index is 130. The topological polar surface area (TPSA) is 216 Å². The van der Waals surface area contributed by atoms with Crippen molar-refractivity contribution in [1.82, 2.24) is 0 Å². The Kier molecular flexibility index (Phi) is 40.5. The summed E-state index contributed by atoms with van der Waals surface area (Å²) in [6, 6.07) is 0. The van der Waals surface area contributed by atoms with Gasteiger partial charge in [0.1, 0.15) is 0 Å². The van der Waals surface area contributed by atoms with E-state index in [0.29, 0.717) is 0 Å². The van der Waals surface area contributed by atoms with Crippen LogP contribution in [0.2, 0.25) is 0 Å². The van der Waals surface area contributed by atoms with E-state index in [9.17, 15) is 0 Å². The summed E-state index contributed by atoms with van der Waals surface area (Å²) in [4.78, 5) is 43.1. The third-order valence-electron chi connectivity index (χ3n) is 0. The SMILES string of the molecule is O=P(O)(O)O.O=P(O)(O)O.[K+].[Na+].[OH-].[OH-]. The second-order valence-electron chi connectivity index (χ2n) is 1.03. The van der Waals surface area contributed by atoms with Gasteiger partial charge in [-0.2, -0.15) is 0 Å². The van der Waals surface area contributed by atoms with E-state index in [4.69, 9.17) is 38.5 Å². The fourth-order valence-electron chi connectivity index (χ4n) is 0. The Morgan fingerprint density at radius 3 is 0.643 bits per heavy atom. The summed E-state index contributed by atoms with van der Waals surface area (Å²) in [5, 5.41) is 0. The van der Waals surface area contributed by atoms with E-state index >= 15 is 0 Å². The number of hydrogen-bond donors (Lipinski definition) is 6. The van der Waals surface area contributed by atoms with Crippen molar-refractivity contribution in [3.63, 3.8) is 0 Å². The van der Waals surface area contributed by atoms with E-state index in [-0.39, 0.29) is 91.9 Å². The molecule has 0 aromatic heterocycles. The molecule has 0 fully saturated rings. The van der Waals surface area contributed by atoms with E-state index < -0.39 is 15.6 Å². The number of rotatable bonds is 0. The standard InChI is InChI=1S/K.Na.2H3O4P.2H2O/c;;2*1-5(2,3)4;;/h;;2*(H3,1,2,3,4);2*1H2/q2*+1;;;;/p-2. The van der Waals surface area contributed by atoms with Gasteiger partial charge in [0.05, 0.1) is 0 Å². The van der Waals surface area contributed by atoms with Gasteiger partial charge in [0, 0.05) is 0 Å². The first-order chi connectivity index (χ1) is 4.00. The van der Waals surface area contributed by atoms with E-state index in [0.717, 1.165) is 0 Å². The molecule has 0 atom stereocenters. The van der Waals surface area contributed by atoms with Crippen molar-refractivity contribution >= 4 is 15.6 Å². The van der Waals surface area contributed by atoms with Crippen LogP contribution in [0.1, 0.15) is 0 Å². The Morgan fingerprint density at radius 1 is 0.643 bits per heavy atom. The van der Waals surface area contributed by atoms with Crippen LogP contribution in [0.5, 0.6) is 0 Å². The first-order valence-electron chi connectivity index (χ1n) is 1.57. The van der Waals surface area contributed by atoms with Gasteiger partial charge >= 0.3 is 96.6 Å². The van der Waals surface area contributed by atoms with Gasteiger partial charge in [0.15, 0.2) is 0 Å². The quantitative estimate of drug-likeness (QED) is 0.183. The van der Waals surface area contributed by atoms with Gasteiger partial charge in [-0.05, 0) is 0 Å². The molecule has 0 rings (SSSR count). The molecular formula is H8KNaO10P2. The van der Waals surface area contributed by atoms with Gasteiger partial charge in [0.25, 0.3) is 0 Å². The molecule has 8 N–H and O–H groups in total. The Morgan fingerprint density at radius 2 is 0.643 bits per heavy atom. The summed E-state index contributed by atoms with van der Waals surface area (Å²) in [5.74, 6) is 0. The second kappa shape index (κ2) is 15.8. The minimum atomic E-state index is -4.64. The van der Waals surface area contributed by atoms with Gasteiger partial charge in [0.2, 0.25) is 0 Å². The number of hydrogen-bond acceptors (Lipinski definition) is 4. The van der Waals surface area contributed by atoms with Crippen LogP contribution in [-0.4, -0.2) is 40.3 Å². The van der Waals surface area contributed by atoms with Crippen molar-refractivity contribution < 1.29 is 130 Å². The molecule has 0 aromatic rings. The Balaban J connectivity index is -0.0000000178. The van der Waals surface area contributed by atoms with Crippen molar-refractivity contribution in [2.75, 3.05) is 0 Å². The maximum Gasteiger partial charge on any atom is 1.00 e. The number of phosphoric acid groups is 2. The first-order valence-corrected chi connectivity index (χ1v) is 4.70. The predicted octanol–water partition coefficient (Wildman–Crippen LogP) is -8.20.